The van der Waals surface area contributed by atoms with Gasteiger partial charge in [0.05, 0.1) is 43.5 Å². The Balaban J connectivity index is 1.51. The van der Waals surface area contributed by atoms with Crippen molar-refractivity contribution in [3.63, 3.8) is 0 Å². The van der Waals surface area contributed by atoms with E-state index in [0.29, 0.717) is 43.5 Å². The number of likely N-dealkylation sites (N-methyl/N-ethyl adjacent to an activating group) is 1. The molecule has 0 unspecified atom stereocenters. The van der Waals surface area contributed by atoms with Crippen molar-refractivity contribution in [2.75, 3.05) is 19.4 Å². The van der Waals surface area contributed by atoms with Gasteiger partial charge in [-0.25, -0.2) is 4.98 Å². The standard InChI is InChI=1S/C20H19BrN4O3/c1-25(17-9-27-6-10-4-11(21)2-3-12(10)17)20(26)16-5-15-18(23-16)13-7-28-8-14(13)19(22)24-15/h2-5,17,23H,6-9H2,1H3,(H2,22,24)/t17-/m1/s1. The van der Waals surface area contributed by atoms with Crippen LogP contribution in [-0.2, 0) is 29.3 Å². The second kappa shape index (κ2) is 6.58. The lowest BCUT2D eigenvalue weighted by Gasteiger charge is -2.33. The Kier molecular flexibility index (Phi) is 4.15. The highest BCUT2D eigenvalue weighted by atomic mass is 79.9. The fourth-order valence-electron chi connectivity index (χ4n) is 4.00. The number of hydrogen-bond donors (Lipinski definition) is 2. The molecule has 1 amide bonds. The Morgan fingerprint density at radius 3 is 2.93 bits per heavy atom. The summed E-state index contributed by atoms with van der Waals surface area (Å²) in [6.07, 6.45) is 0. The Morgan fingerprint density at radius 1 is 1.25 bits per heavy atom. The third-order valence-electron chi connectivity index (χ3n) is 5.52. The number of pyridine rings is 1. The van der Waals surface area contributed by atoms with Crippen molar-refractivity contribution in [2.24, 2.45) is 0 Å². The number of fused-ring (bicyclic) bond motifs is 4. The lowest BCUT2D eigenvalue weighted by atomic mass is 9.98. The fourth-order valence-corrected chi connectivity index (χ4v) is 4.41. The monoisotopic (exact) mass is 442 g/mol. The number of ether oxygens (including phenoxy) is 2. The van der Waals surface area contributed by atoms with E-state index in [2.05, 4.69) is 25.9 Å². The average molecular weight is 443 g/mol. The molecule has 4 heterocycles. The normalized spacial score (nSPS) is 18.1. The van der Waals surface area contributed by atoms with E-state index < -0.39 is 0 Å². The van der Waals surface area contributed by atoms with Crippen molar-refractivity contribution in [2.45, 2.75) is 25.9 Å². The SMILES string of the molecule is CN(C(=O)c1cc2nc(N)c3c(c2[nH]1)COC3)[C@@H]1COCc2cc(Br)ccc21. The van der Waals surface area contributed by atoms with Gasteiger partial charge in [0.2, 0.25) is 0 Å². The summed E-state index contributed by atoms with van der Waals surface area (Å²) in [5.41, 5.74) is 12.1. The Morgan fingerprint density at radius 2 is 2.07 bits per heavy atom. The van der Waals surface area contributed by atoms with Crippen LogP contribution in [0.1, 0.15) is 38.8 Å². The second-order valence-corrected chi connectivity index (χ2v) is 8.10. The number of carbonyl (C=O) groups excluding carboxylic acids is 1. The van der Waals surface area contributed by atoms with Crippen molar-refractivity contribution >= 4 is 38.7 Å². The number of nitrogens with zero attached hydrogens (tertiary/aromatic N) is 2. The van der Waals surface area contributed by atoms with Gasteiger partial charge in [0, 0.05) is 22.6 Å². The largest absolute Gasteiger partial charge is 0.383 e. The summed E-state index contributed by atoms with van der Waals surface area (Å²) in [6, 6.07) is 7.69. The number of aromatic amines is 1. The van der Waals surface area contributed by atoms with Crippen LogP contribution >= 0.6 is 15.9 Å². The third kappa shape index (κ3) is 2.71. The quantitative estimate of drug-likeness (QED) is 0.634. The number of carbonyl (C=O) groups is 1. The molecule has 0 aliphatic carbocycles. The predicted molar refractivity (Wildman–Crippen MR) is 108 cm³/mol. The number of nitrogens with one attached hydrogen (secondary N) is 1. The van der Waals surface area contributed by atoms with E-state index in [1.165, 1.54) is 0 Å². The number of nitrogens with two attached hydrogens (primary N) is 1. The van der Waals surface area contributed by atoms with E-state index in [4.69, 9.17) is 15.2 Å². The smallest absolute Gasteiger partial charge is 0.270 e. The molecule has 8 heteroatoms. The maximum absolute atomic E-state index is 13.2. The molecule has 3 N–H and O–H groups in total. The van der Waals surface area contributed by atoms with Crippen molar-refractivity contribution in [3.8, 4) is 0 Å². The number of H-pyrrole nitrogens is 1. The Bertz CT molecular complexity index is 1110. The van der Waals surface area contributed by atoms with E-state index in [-0.39, 0.29) is 11.9 Å². The molecule has 0 bridgehead atoms. The lowest BCUT2D eigenvalue weighted by molar-refractivity contribution is 0.0343. The summed E-state index contributed by atoms with van der Waals surface area (Å²) in [6.45, 7) is 1.94. The highest BCUT2D eigenvalue weighted by Gasteiger charge is 2.30. The first kappa shape index (κ1) is 17.7. The summed E-state index contributed by atoms with van der Waals surface area (Å²) < 4.78 is 12.2. The van der Waals surface area contributed by atoms with Crippen LogP contribution in [0.4, 0.5) is 5.82 Å². The number of nitrogen functional groups attached to an aromatic ring is 1. The van der Waals surface area contributed by atoms with Gasteiger partial charge in [-0.2, -0.15) is 0 Å². The molecule has 1 atom stereocenters. The molecule has 5 rings (SSSR count). The van der Waals surface area contributed by atoms with E-state index in [1.807, 2.05) is 18.2 Å². The van der Waals surface area contributed by atoms with E-state index in [1.54, 1.807) is 18.0 Å². The number of hydrogen-bond acceptors (Lipinski definition) is 5. The lowest BCUT2D eigenvalue weighted by Crippen LogP contribution is -2.36. The van der Waals surface area contributed by atoms with Crippen LogP contribution in [0.3, 0.4) is 0 Å². The zero-order valence-electron chi connectivity index (χ0n) is 15.3. The maximum atomic E-state index is 13.2. The highest BCUT2D eigenvalue weighted by Crippen LogP contribution is 2.34. The highest BCUT2D eigenvalue weighted by molar-refractivity contribution is 9.10. The van der Waals surface area contributed by atoms with Crippen LogP contribution in [0.5, 0.6) is 0 Å². The topological polar surface area (TPSA) is 93.5 Å². The minimum absolute atomic E-state index is 0.117. The molecule has 2 aliphatic rings. The van der Waals surface area contributed by atoms with Gasteiger partial charge in [-0.1, -0.05) is 22.0 Å². The maximum Gasteiger partial charge on any atom is 0.270 e. The number of anilines is 1. The minimum Gasteiger partial charge on any atom is -0.383 e. The van der Waals surface area contributed by atoms with E-state index >= 15 is 0 Å². The van der Waals surface area contributed by atoms with Crippen LogP contribution < -0.4 is 5.73 Å². The average Bonchev–Trinajstić information content (AvgIpc) is 3.33. The van der Waals surface area contributed by atoms with E-state index in [0.717, 1.165) is 32.2 Å². The predicted octanol–water partition coefficient (Wildman–Crippen LogP) is 3.28. The third-order valence-corrected chi connectivity index (χ3v) is 6.01. The number of rotatable bonds is 2. The zero-order valence-corrected chi connectivity index (χ0v) is 16.9. The van der Waals surface area contributed by atoms with Crippen molar-refractivity contribution in [1.82, 2.24) is 14.9 Å². The first-order valence-corrected chi connectivity index (χ1v) is 9.83. The number of aromatic nitrogens is 2. The molecule has 0 saturated carbocycles. The van der Waals surface area contributed by atoms with Crippen LogP contribution in [0.2, 0.25) is 0 Å². The molecule has 7 nitrogen and oxygen atoms in total. The van der Waals surface area contributed by atoms with Gasteiger partial charge in [0.25, 0.3) is 5.91 Å². The van der Waals surface area contributed by atoms with Crippen molar-refractivity contribution in [1.29, 1.82) is 0 Å². The van der Waals surface area contributed by atoms with Gasteiger partial charge in [0.1, 0.15) is 11.5 Å². The van der Waals surface area contributed by atoms with Crippen LogP contribution in [0, 0.1) is 0 Å². The van der Waals surface area contributed by atoms with Gasteiger partial charge >= 0.3 is 0 Å². The van der Waals surface area contributed by atoms with Gasteiger partial charge in [-0.15, -0.1) is 0 Å². The molecule has 28 heavy (non-hydrogen) atoms. The molecule has 0 spiro atoms. The first-order chi connectivity index (χ1) is 13.5. The van der Waals surface area contributed by atoms with Gasteiger partial charge in [0.15, 0.2) is 0 Å². The molecule has 2 aromatic heterocycles. The summed E-state index contributed by atoms with van der Waals surface area (Å²) in [7, 11) is 1.80. The molecular weight excluding hydrogens is 424 g/mol. The number of benzene rings is 1. The van der Waals surface area contributed by atoms with Crippen molar-refractivity contribution < 1.29 is 14.3 Å². The number of amides is 1. The van der Waals surface area contributed by atoms with Gasteiger partial charge in [-0.3, -0.25) is 4.79 Å². The molecule has 3 aromatic rings. The van der Waals surface area contributed by atoms with Crippen LogP contribution in [0.15, 0.2) is 28.7 Å². The summed E-state index contributed by atoms with van der Waals surface area (Å²) in [4.78, 5) is 22.6. The van der Waals surface area contributed by atoms with Crippen molar-refractivity contribution in [3.05, 3.63) is 56.7 Å². The second-order valence-electron chi connectivity index (χ2n) is 7.18. The molecule has 0 fully saturated rings. The Labute approximate surface area is 169 Å². The Hall–Kier alpha value is -2.42. The molecule has 0 radical (unpaired) electrons. The molecule has 1 aromatic carbocycles. The summed E-state index contributed by atoms with van der Waals surface area (Å²) in [5.74, 6) is 0.347. The summed E-state index contributed by atoms with van der Waals surface area (Å²) >= 11 is 3.49. The zero-order chi connectivity index (χ0) is 19.4. The molecule has 144 valence electrons. The van der Waals surface area contributed by atoms with E-state index in [9.17, 15) is 4.79 Å². The van der Waals surface area contributed by atoms with Gasteiger partial charge in [-0.05, 0) is 29.3 Å². The number of halogens is 1. The molecule has 2 aliphatic heterocycles. The van der Waals surface area contributed by atoms with Crippen LogP contribution in [0.25, 0.3) is 11.0 Å². The minimum atomic E-state index is -0.150. The van der Waals surface area contributed by atoms with Crippen LogP contribution in [-0.4, -0.2) is 34.4 Å². The van der Waals surface area contributed by atoms with Gasteiger partial charge < -0.3 is 25.1 Å². The summed E-state index contributed by atoms with van der Waals surface area (Å²) in [5, 5.41) is 0. The molecular formula is C20H19BrN4O3. The molecule has 0 saturated heterocycles. The first-order valence-electron chi connectivity index (χ1n) is 9.04. The fraction of sp³-hybridized carbons (Fsp3) is 0.300.